The van der Waals surface area contributed by atoms with Crippen LogP contribution in [0.25, 0.3) is 0 Å². The molecule has 0 saturated carbocycles. The van der Waals surface area contributed by atoms with Crippen LogP contribution in [-0.4, -0.2) is 66.4 Å². The second-order valence-corrected chi connectivity index (χ2v) is 6.39. The van der Waals surface area contributed by atoms with Gasteiger partial charge in [0, 0.05) is 51.4 Å². The third kappa shape index (κ3) is 4.03. The van der Waals surface area contributed by atoms with Crippen LogP contribution in [0.5, 0.6) is 0 Å². The maximum Gasteiger partial charge on any atom is 0.317 e. The van der Waals surface area contributed by atoms with Crippen LogP contribution in [0.3, 0.4) is 0 Å². The van der Waals surface area contributed by atoms with Crippen molar-refractivity contribution in [1.29, 1.82) is 0 Å². The minimum absolute atomic E-state index is 0.0255. The van der Waals surface area contributed by atoms with Crippen molar-refractivity contribution in [2.24, 2.45) is 0 Å². The Balaban J connectivity index is 1.42. The number of hydrogen-bond donors (Lipinski definition) is 1. The lowest BCUT2D eigenvalue weighted by Crippen LogP contribution is -2.52. The Kier molecular flexibility index (Phi) is 5.17. The Bertz CT molecular complexity index is 512. The number of urea groups is 1. The lowest BCUT2D eigenvalue weighted by atomic mass is 10.2. The van der Waals surface area contributed by atoms with E-state index >= 15 is 0 Å². The monoisotopic (exact) mass is 322 g/mol. The molecular weight excluding hydrogens is 296 g/mol. The van der Waals surface area contributed by atoms with Crippen molar-refractivity contribution in [3.8, 4) is 0 Å². The summed E-state index contributed by atoms with van der Waals surface area (Å²) < 4.78 is 10.7. The quantitative estimate of drug-likeness (QED) is 0.905. The van der Waals surface area contributed by atoms with Crippen LogP contribution in [0.1, 0.15) is 29.9 Å². The van der Waals surface area contributed by atoms with Crippen molar-refractivity contribution in [1.82, 2.24) is 20.3 Å². The fraction of sp³-hybridized carbons (Fsp3) is 0.750. The lowest BCUT2D eigenvalue weighted by Gasteiger charge is -2.34. The zero-order chi connectivity index (χ0) is 16.2. The molecule has 0 radical (unpaired) electrons. The molecule has 2 amide bonds. The molecule has 1 aromatic rings. The number of carbonyl (C=O) groups excluding carboxylic acids is 1. The van der Waals surface area contributed by atoms with E-state index in [0.717, 1.165) is 63.6 Å². The van der Waals surface area contributed by atoms with Crippen molar-refractivity contribution in [3.05, 3.63) is 17.0 Å². The van der Waals surface area contributed by atoms with Crippen molar-refractivity contribution < 1.29 is 14.1 Å². The largest absolute Gasteiger partial charge is 0.376 e. The van der Waals surface area contributed by atoms with Gasteiger partial charge in [-0.3, -0.25) is 4.90 Å². The van der Waals surface area contributed by atoms with E-state index in [2.05, 4.69) is 15.4 Å². The topological polar surface area (TPSA) is 70.8 Å². The molecule has 7 nitrogen and oxygen atoms in total. The third-order valence-electron chi connectivity index (χ3n) is 4.73. The maximum absolute atomic E-state index is 12.2. The summed E-state index contributed by atoms with van der Waals surface area (Å²) in [6, 6.07) is 0.0255. The van der Waals surface area contributed by atoms with Crippen molar-refractivity contribution in [2.45, 2.75) is 39.3 Å². The molecule has 2 aliphatic heterocycles. The van der Waals surface area contributed by atoms with Crippen LogP contribution in [0, 0.1) is 13.8 Å². The maximum atomic E-state index is 12.2. The molecule has 0 bridgehead atoms. The molecule has 1 aromatic heterocycles. The zero-order valence-electron chi connectivity index (χ0n) is 14.0. The first-order valence-electron chi connectivity index (χ1n) is 8.42. The first kappa shape index (κ1) is 16.3. The van der Waals surface area contributed by atoms with Crippen molar-refractivity contribution in [3.63, 3.8) is 0 Å². The van der Waals surface area contributed by atoms with Gasteiger partial charge in [0.1, 0.15) is 5.76 Å². The molecular formula is C16H26N4O3. The van der Waals surface area contributed by atoms with Crippen LogP contribution in [0.15, 0.2) is 4.52 Å². The molecule has 23 heavy (non-hydrogen) atoms. The molecule has 0 aliphatic carbocycles. The van der Waals surface area contributed by atoms with E-state index in [0.29, 0.717) is 6.54 Å². The summed E-state index contributed by atoms with van der Waals surface area (Å²) in [5.74, 6) is 0.888. The van der Waals surface area contributed by atoms with Crippen molar-refractivity contribution in [2.75, 3.05) is 39.3 Å². The summed E-state index contributed by atoms with van der Waals surface area (Å²) in [5.41, 5.74) is 2.13. The molecule has 0 spiro atoms. The Morgan fingerprint density at radius 3 is 2.70 bits per heavy atom. The fourth-order valence-electron chi connectivity index (χ4n) is 3.18. The third-order valence-corrected chi connectivity index (χ3v) is 4.73. The van der Waals surface area contributed by atoms with E-state index in [1.54, 1.807) is 0 Å². The predicted octanol–water partition coefficient (Wildman–Crippen LogP) is 1.30. The highest BCUT2D eigenvalue weighted by molar-refractivity contribution is 5.74. The van der Waals surface area contributed by atoms with Gasteiger partial charge in [0.05, 0.1) is 11.8 Å². The Hall–Kier alpha value is -1.60. The summed E-state index contributed by atoms with van der Waals surface area (Å²) in [4.78, 5) is 16.4. The smallest absolute Gasteiger partial charge is 0.317 e. The number of aromatic nitrogens is 1. The molecule has 2 fully saturated rings. The van der Waals surface area contributed by atoms with E-state index in [4.69, 9.17) is 9.26 Å². The predicted molar refractivity (Wildman–Crippen MR) is 85.2 cm³/mol. The molecule has 2 saturated heterocycles. The Labute approximate surface area is 136 Å². The number of amides is 2. The van der Waals surface area contributed by atoms with E-state index in [-0.39, 0.29) is 12.1 Å². The van der Waals surface area contributed by atoms with E-state index in [9.17, 15) is 4.79 Å². The van der Waals surface area contributed by atoms with Crippen molar-refractivity contribution >= 4 is 6.03 Å². The number of rotatable bonds is 4. The van der Waals surface area contributed by atoms with E-state index in [1.165, 1.54) is 5.56 Å². The highest BCUT2D eigenvalue weighted by atomic mass is 16.5. The Morgan fingerprint density at radius 1 is 1.30 bits per heavy atom. The highest BCUT2D eigenvalue weighted by Gasteiger charge is 2.24. The average Bonchev–Trinajstić information content (AvgIpc) is 3.18. The fourth-order valence-corrected chi connectivity index (χ4v) is 3.18. The molecule has 3 heterocycles. The summed E-state index contributed by atoms with van der Waals surface area (Å²) in [6.07, 6.45) is 2.34. The van der Waals surface area contributed by atoms with E-state index in [1.807, 2.05) is 18.7 Å². The summed E-state index contributed by atoms with van der Waals surface area (Å²) in [6.45, 7) is 9.45. The number of ether oxygens (including phenoxy) is 1. The second kappa shape index (κ2) is 7.31. The first-order valence-corrected chi connectivity index (χ1v) is 8.42. The van der Waals surface area contributed by atoms with Gasteiger partial charge >= 0.3 is 6.03 Å². The first-order chi connectivity index (χ1) is 11.1. The molecule has 0 aromatic carbocycles. The van der Waals surface area contributed by atoms with Crippen LogP contribution in [-0.2, 0) is 11.3 Å². The number of hydrogen-bond acceptors (Lipinski definition) is 5. The molecule has 7 heteroatoms. The normalized spacial score (nSPS) is 22.5. The molecule has 128 valence electrons. The second-order valence-electron chi connectivity index (χ2n) is 6.39. The SMILES string of the molecule is Cc1noc(C)c1CN1CCN(C(=O)NC[C@H]2CCCO2)CC1. The zero-order valence-corrected chi connectivity index (χ0v) is 14.0. The standard InChI is InChI=1S/C16H26N4O3/c1-12-15(13(2)23-18-12)11-19-5-7-20(8-6-19)16(21)17-10-14-4-3-9-22-14/h14H,3-11H2,1-2H3,(H,17,21)/t14-/m1/s1. The van der Waals surface area contributed by atoms with Crippen LogP contribution in [0.4, 0.5) is 4.79 Å². The number of piperazine rings is 1. The van der Waals surface area contributed by atoms with Gasteiger partial charge in [-0.05, 0) is 26.7 Å². The summed E-state index contributed by atoms with van der Waals surface area (Å²) in [7, 11) is 0. The molecule has 1 N–H and O–H groups in total. The summed E-state index contributed by atoms with van der Waals surface area (Å²) >= 11 is 0. The van der Waals surface area contributed by atoms with Gasteiger partial charge in [0.15, 0.2) is 0 Å². The van der Waals surface area contributed by atoms with Gasteiger partial charge in [0.25, 0.3) is 0 Å². The van der Waals surface area contributed by atoms with Gasteiger partial charge < -0.3 is 19.5 Å². The van der Waals surface area contributed by atoms with Crippen LogP contribution >= 0.6 is 0 Å². The molecule has 0 unspecified atom stereocenters. The minimum Gasteiger partial charge on any atom is -0.376 e. The lowest BCUT2D eigenvalue weighted by molar-refractivity contribution is 0.104. The molecule has 3 rings (SSSR count). The molecule has 1 atom stereocenters. The van der Waals surface area contributed by atoms with Gasteiger partial charge in [-0.1, -0.05) is 5.16 Å². The summed E-state index contributed by atoms with van der Waals surface area (Å²) in [5, 5.41) is 6.99. The van der Waals surface area contributed by atoms with Gasteiger partial charge in [0.2, 0.25) is 0 Å². The number of carbonyl (C=O) groups is 1. The van der Waals surface area contributed by atoms with Gasteiger partial charge in [-0.25, -0.2) is 4.79 Å². The number of nitrogens with zero attached hydrogens (tertiary/aromatic N) is 3. The van der Waals surface area contributed by atoms with Crippen LogP contribution < -0.4 is 5.32 Å². The average molecular weight is 322 g/mol. The number of nitrogens with one attached hydrogen (secondary N) is 1. The Morgan fingerprint density at radius 2 is 2.09 bits per heavy atom. The van der Waals surface area contributed by atoms with Crippen LogP contribution in [0.2, 0.25) is 0 Å². The minimum atomic E-state index is 0.0255. The highest BCUT2D eigenvalue weighted by Crippen LogP contribution is 2.16. The van der Waals surface area contributed by atoms with E-state index < -0.39 is 0 Å². The van der Waals surface area contributed by atoms with Gasteiger partial charge in [-0.15, -0.1) is 0 Å². The molecule has 2 aliphatic rings. The van der Waals surface area contributed by atoms with Gasteiger partial charge in [-0.2, -0.15) is 0 Å². The number of aryl methyl sites for hydroxylation is 2.